The zero-order valence-electron chi connectivity index (χ0n) is 9.83. The van der Waals surface area contributed by atoms with Crippen molar-refractivity contribution in [2.45, 2.75) is 58.0 Å². The van der Waals surface area contributed by atoms with Crippen LogP contribution in [0, 0.1) is 0 Å². The molecule has 0 aliphatic carbocycles. The molecule has 0 radical (unpaired) electrons. The van der Waals surface area contributed by atoms with Crippen molar-refractivity contribution in [1.82, 2.24) is 5.32 Å². The second-order valence-corrected chi connectivity index (χ2v) is 3.97. The van der Waals surface area contributed by atoms with E-state index >= 15 is 0 Å². The lowest BCUT2D eigenvalue weighted by atomic mass is 10.1. The van der Waals surface area contributed by atoms with E-state index in [0.717, 1.165) is 25.7 Å². The van der Waals surface area contributed by atoms with Crippen molar-refractivity contribution in [3.8, 4) is 0 Å². The monoisotopic (exact) mass is 213 g/mol. The first-order valence-corrected chi connectivity index (χ1v) is 5.71. The molecule has 15 heavy (non-hydrogen) atoms. The Morgan fingerprint density at radius 3 is 2.67 bits per heavy atom. The lowest BCUT2D eigenvalue weighted by Crippen LogP contribution is -2.41. The Labute approximate surface area is 92.6 Å². The topological polar surface area (TPSA) is 49.3 Å². The van der Waals surface area contributed by atoms with E-state index in [1.165, 1.54) is 0 Å². The van der Waals surface area contributed by atoms with E-state index in [1.807, 2.05) is 13.0 Å². The van der Waals surface area contributed by atoms with Gasteiger partial charge in [0.15, 0.2) is 0 Å². The van der Waals surface area contributed by atoms with Crippen LogP contribution in [0.1, 0.15) is 46.0 Å². The number of nitrogens with one attached hydrogen (secondary N) is 1. The van der Waals surface area contributed by atoms with Gasteiger partial charge < -0.3 is 10.4 Å². The number of hydrogen-bond acceptors (Lipinski definition) is 2. The van der Waals surface area contributed by atoms with Gasteiger partial charge in [-0.05, 0) is 26.2 Å². The number of hydrogen-bond donors (Lipinski definition) is 2. The molecular weight excluding hydrogens is 190 g/mol. The first-order chi connectivity index (χ1) is 7.11. The molecule has 0 amide bonds. The van der Waals surface area contributed by atoms with Crippen LogP contribution in [0.4, 0.5) is 0 Å². The fourth-order valence-electron chi connectivity index (χ4n) is 1.48. The van der Waals surface area contributed by atoms with Gasteiger partial charge in [0.1, 0.15) is 6.04 Å². The number of rotatable bonds is 9. The summed E-state index contributed by atoms with van der Waals surface area (Å²) in [5.41, 5.74) is 0. The molecule has 0 saturated heterocycles. The summed E-state index contributed by atoms with van der Waals surface area (Å²) in [5.74, 6) is -0.742. The molecule has 0 aliphatic rings. The molecule has 0 heterocycles. The molecule has 0 saturated carbocycles. The second kappa shape index (κ2) is 8.48. The van der Waals surface area contributed by atoms with Crippen molar-refractivity contribution >= 4 is 5.97 Å². The third kappa shape index (κ3) is 7.14. The van der Waals surface area contributed by atoms with E-state index in [9.17, 15) is 4.79 Å². The van der Waals surface area contributed by atoms with Crippen LogP contribution in [0.5, 0.6) is 0 Å². The summed E-state index contributed by atoms with van der Waals surface area (Å²) in [5, 5.41) is 12.1. The van der Waals surface area contributed by atoms with Crippen molar-refractivity contribution < 1.29 is 9.90 Å². The quantitative estimate of drug-likeness (QED) is 0.579. The van der Waals surface area contributed by atoms with Gasteiger partial charge in [0.05, 0.1) is 0 Å². The minimum absolute atomic E-state index is 0.237. The van der Waals surface area contributed by atoms with Gasteiger partial charge in [0, 0.05) is 6.04 Å². The maximum Gasteiger partial charge on any atom is 0.320 e. The van der Waals surface area contributed by atoms with Crippen molar-refractivity contribution in [3.05, 3.63) is 12.7 Å². The average molecular weight is 213 g/mol. The highest BCUT2D eigenvalue weighted by molar-refractivity contribution is 5.73. The molecule has 0 aliphatic heterocycles. The zero-order chi connectivity index (χ0) is 11.7. The Morgan fingerprint density at radius 2 is 2.20 bits per heavy atom. The fourth-order valence-corrected chi connectivity index (χ4v) is 1.48. The number of carboxylic acid groups (broad SMARTS) is 1. The fraction of sp³-hybridized carbons (Fsp3) is 0.750. The summed E-state index contributed by atoms with van der Waals surface area (Å²) in [4.78, 5) is 10.9. The van der Waals surface area contributed by atoms with E-state index in [4.69, 9.17) is 5.11 Å². The third-order valence-corrected chi connectivity index (χ3v) is 2.43. The molecule has 0 spiro atoms. The normalized spacial score (nSPS) is 14.5. The summed E-state index contributed by atoms with van der Waals surface area (Å²) in [7, 11) is 0. The molecule has 0 aromatic carbocycles. The largest absolute Gasteiger partial charge is 0.480 e. The molecule has 0 aromatic rings. The van der Waals surface area contributed by atoms with Gasteiger partial charge in [-0.25, -0.2) is 0 Å². The molecule has 0 rings (SSSR count). The van der Waals surface area contributed by atoms with Crippen LogP contribution >= 0.6 is 0 Å². The van der Waals surface area contributed by atoms with Crippen LogP contribution in [0.3, 0.4) is 0 Å². The summed E-state index contributed by atoms with van der Waals surface area (Å²) in [6.45, 7) is 7.74. The molecule has 2 N–H and O–H groups in total. The lowest BCUT2D eigenvalue weighted by molar-refractivity contribution is -0.139. The van der Waals surface area contributed by atoms with Crippen molar-refractivity contribution in [1.29, 1.82) is 0 Å². The van der Waals surface area contributed by atoms with Crippen LogP contribution in [0.2, 0.25) is 0 Å². The SMILES string of the molecule is C=CCCC(C)N[C@@H](CCCC)C(=O)O. The molecule has 3 nitrogen and oxygen atoms in total. The first-order valence-electron chi connectivity index (χ1n) is 5.71. The van der Waals surface area contributed by atoms with Gasteiger partial charge in [-0.3, -0.25) is 4.79 Å². The van der Waals surface area contributed by atoms with E-state index in [-0.39, 0.29) is 6.04 Å². The molecule has 0 bridgehead atoms. The lowest BCUT2D eigenvalue weighted by Gasteiger charge is -2.19. The van der Waals surface area contributed by atoms with Crippen LogP contribution in [0.25, 0.3) is 0 Å². The summed E-state index contributed by atoms with van der Waals surface area (Å²) in [6.07, 6.45) is 6.43. The van der Waals surface area contributed by atoms with Crippen molar-refractivity contribution in [2.75, 3.05) is 0 Å². The predicted octanol–water partition coefficient (Wildman–Crippen LogP) is 2.57. The van der Waals surface area contributed by atoms with Crippen LogP contribution in [-0.2, 0) is 4.79 Å². The number of carbonyl (C=O) groups is 1. The maximum absolute atomic E-state index is 10.9. The molecular formula is C12H23NO2. The zero-order valence-corrected chi connectivity index (χ0v) is 9.83. The smallest absolute Gasteiger partial charge is 0.320 e. The highest BCUT2D eigenvalue weighted by atomic mass is 16.4. The average Bonchev–Trinajstić information content (AvgIpc) is 2.20. The minimum Gasteiger partial charge on any atom is -0.480 e. The highest BCUT2D eigenvalue weighted by Gasteiger charge is 2.18. The molecule has 0 aromatic heterocycles. The number of unbranched alkanes of at least 4 members (excludes halogenated alkanes) is 1. The second-order valence-electron chi connectivity index (χ2n) is 3.97. The molecule has 2 atom stereocenters. The van der Waals surface area contributed by atoms with Crippen LogP contribution in [-0.4, -0.2) is 23.2 Å². The number of allylic oxidation sites excluding steroid dienone is 1. The molecule has 0 fully saturated rings. The van der Waals surface area contributed by atoms with Crippen LogP contribution < -0.4 is 5.32 Å². The summed E-state index contributed by atoms with van der Waals surface area (Å²) < 4.78 is 0. The van der Waals surface area contributed by atoms with E-state index < -0.39 is 12.0 Å². The Morgan fingerprint density at radius 1 is 1.53 bits per heavy atom. The molecule has 1 unspecified atom stereocenters. The maximum atomic E-state index is 10.9. The molecule has 3 heteroatoms. The van der Waals surface area contributed by atoms with Gasteiger partial charge in [-0.1, -0.05) is 25.8 Å². The van der Waals surface area contributed by atoms with Gasteiger partial charge in [-0.2, -0.15) is 0 Å². The third-order valence-electron chi connectivity index (χ3n) is 2.43. The Kier molecular flexibility index (Phi) is 8.01. The Bertz CT molecular complexity index is 192. The Balaban J connectivity index is 3.92. The number of carboxylic acids is 1. The van der Waals surface area contributed by atoms with Gasteiger partial charge >= 0.3 is 5.97 Å². The van der Waals surface area contributed by atoms with Crippen LogP contribution in [0.15, 0.2) is 12.7 Å². The molecule has 88 valence electrons. The summed E-state index contributed by atoms with van der Waals surface area (Å²) >= 11 is 0. The van der Waals surface area contributed by atoms with Gasteiger partial charge in [0.25, 0.3) is 0 Å². The van der Waals surface area contributed by atoms with E-state index in [0.29, 0.717) is 6.42 Å². The van der Waals surface area contributed by atoms with Crippen molar-refractivity contribution in [3.63, 3.8) is 0 Å². The first kappa shape index (κ1) is 14.2. The standard InChI is InChI=1S/C12H23NO2/c1-4-6-8-10(3)13-11(12(14)15)9-7-5-2/h4,10-11,13H,1,5-9H2,2-3H3,(H,14,15)/t10?,11-/m0/s1. The van der Waals surface area contributed by atoms with E-state index in [2.05, 4.69) is 18.8 Å². The Hall–Kier alpha value is -0.830. The van der Waals surface area contributed by atoms with Gasteiger partial charge in [-0.15, -0.1) is 6.58 Å². The summed E-state index contributed by atoms with van der Waals surface area (Å²) in [6, 6.07) is -0.161. The van der Waals surface area contributed by atoms with Crippen molar-refractivity contribution in [2.24, 2.45) is 0 Å². The van der Waals surface area contributed by atoms with E-state index in [1.54, 1.807) is 0 Å². The van der Waals surface area contributed by atoms with Gasteiger partial charge in [0.2, 0.25) is 0 Å². The minimum atomic E-state index is -0.742. The number of aliphatic carboxylic acids is 1. The predicted molar refractivity (Wildman–Crippen MR) is 63.0 cm³/mol. The highest BCUT2D eigenvalue weighted by Crippen LogP contribution is 2.04.